The molecular formula is C21H19F2N3O2S. The number of nitrogens with one attached hydrogen (secondary N) is 2. The van der Waals surface area contributed by atoms with Crippen molar-refractivity contribution in [3.8, 4) is 0 Å². The number of carbonyl (C=O) groups is 2. The van der Waals surface area contributed by atoms with E-state index in [1.54, 1.807) is 6.20 Å². The van der Waals surface area contributed by atoms with E-state index in [1.165, 1.54) is 16.9 Å². The van der Waals surface area contributed by atoms with Gasteiger partial charge in [-0.1, -0.05) is 29.8 Å². The molecule has 1 heterocycles. The second-order valence-electron chi connectivity index (χ2n) is 6.47. The minimum absolute atomic E-state index is 0.00142. The van der Waals surface area contributed by atoms with Crippen LogP contribution < -0.4 is 10.6 Å². The quantitative estimate of drug-likeness (QED) is 0.611. The van der Waals surface area contributed by atoms with Crippen molar-refractivity contribution in [1.29, 1.82) is 0 Å². The maximum absolute atomic E-state index is 13.6. The molecular weight excluding hydrogens is 396 g/mol. The van der Waals surface area contributed by atoms with Crippen LogP contribution in [-0.2, 0) is 11.2 Å². The number of benzene rings is 2. The van der Waals surface area contributed by atoms with Crippen LogP contribution in [0.3, 0.4) is 0 Å². The predicted octanol–water partition coefficient (Wildman–Crippen LogP) is 4.08. The fraction of sp³-hybridized carbons (Fsp3) is 0.190. The summed E-state index contributed by atoms with van der Waals surface area (Å²) in [6, 6.07) is 10.9. The van der Waals surface area contributed by atoms with Gasteiger partial charge in [0.1, 0.15) is 11.6 Å². The largest absolute Gasteiger partial charge is 0.351 e. The predicted molar refractivity (Wildman–Crippen MR) is 108 cm³/mol. The van der Waals surface area contributed by atoms with Crippen molar-refractivity contribution in [1.82, 2.24) is 10.3 Å². The molecule has 8 heteroatoms. The molecule has 0 radical (unpaired) electrons. The van der Waals surface area contributed by atoms with Crippen LogP contribution in [-0.4, -0.2) is 23.3 Å². The highest BCUT2D eigenvalue weighted by molar-refractivity contribution is 7.15. The average molecular weight is 415 g/mol. The Balaban J connectivity index is 1.45. The Labute approximate surface area is 170 Å². The zero-order chi connectivity index (χ0) is 20.8. The van der Waals surface area contributed by atoms with Gasteiger partial charge in [-0.15, -0.1) is 11.3 Å². The Morgan fingerprint density at radius 2 is 1.86 bits per heavy atom. The van der Waals surface area contributed by atoms with Gasteiger partial charge in [0, 0.05) is 36.5 Å². The number of nitrogens with zero attached hydrogens (tertiary/aromatic N) is 1. The molecule has 150 valence electrons. The van der Waals surface area contributed by atoms with Gasteiger partial charge in [-0.3, -0.25) is 9.59 Å². The summed E-state index contributed by atoms with van der Waals surface area (Å²) in [6.45, 7) is 2.05. The summed E-state index contributed by atoms with van der Waals surface area (Å²) in [5.74, 6) is -2.73. The van der Waals surface area contributed by atoms with Gasteiger partial charge in [0.25, 0.3) is 5.91 Å². The summed E-state index contributed by atoms with van der Waals surface area (Å²) in [7, 11) is 0. The van der Waals surface area contributed by atoms with Crippen LogP contribution in [0.2, 0.25) is 0 Å². The van der Waals surface area contributed by atoms with E-state index < -0.39 is 17.5 Å². The first-order valence-corrected chi connectivity index (χ1v) is 9.76. The van der Waals surface area contributed by atoms with Crippen molar-refractivity contribution in [2.45, 2.75) is 19.8 Å². The maximum Gasteiger partial charge on any atom is 0.254 e. The number of carbonyl (C=O) groups excluding carboxylic acids is 2. The fourth-order valence-corrected chi connectivity index (χ4v) is 3.46. The lowest BCUT2D eigenvalue weighted by Gasteiger charge is -2.06. The summed E-state index contributed by atoms with van der Waals surface area (Å²) < 4.78 is 26.5. The molecule has 0 unspecified atom stereocenters. The van der Waals surface area contributed by atoms with Crippen LogP contribution in [0.4, 0.5) is 13.9 Å². The number of rotatable bonds is 7. The van der Waals surface area contributed by atoms with E-state index in [0.717, 1.165) is 29.0 Å². The van der Waals surface area contributed by atoms with Gasteiger partial charge in [0.15, 0.2) is 5.13 Å². The monoisotopic (exact) mass is 415 g/mol. The third-order valence-corrected chi connectivity index (χ3v) is 5.03. The first kappa shape index (κ1) is 20.6. The number of thiazole rings is 1. The molecule has 5 nitrogen and oxygen atoms in total. The normalized spacial score (nSPS) is 10.6. The van der Waals surface area contributed by atoms with Crippen molar-refractivity contribution in [3.63, 3.8) is 0 Å². The van der Waals surface area contributed by atoms with E-state index in [-0.39, 0.29) is 24.4 Å². The molecule has 0 spiro atoms. The van der Waals surface area contributed by atoms with Crippen molar-refractivity contribution in [2.75, 3.05) is 11.9 Å². The molecule has 0 saturated carbocycles. The molecule has 0 aliphatic heterocycles. The molecule has 29 heavy (non-hydrogen) atoms. The van der Waals surface area contributed by atoms with Crippen LogP contribution in [0.1, 0.15) is 32.8 Å². The minimum Gasteiger partial charge on any atom is -0.351 e. The highest BCUT2D eigenvalue weighted by atomic mass is 32.1. The van der Waals surface area contributed by atoms with Gasteiger partial charge in [0.2, 0.25) is 5.91 Å². The zero-order valence-electron chi connectivity index (χ0n) is 15.7. The van der Waals surface area contributed by atoms with Crippen LogP contribution in [0.5, 0.6) is 0 Å². The van der Waals surface area contributed by atoms with E-state index in [9.17, 15) is 18.4 Å². The number of aromatic nitrogens is 1. The lowest BCUT2D eigenvalue weighted by molar-refractivity contribution is -0.116. The van der Waals surface area contributed by atoms with Gasteiger partial charge >= 0.3 is 0 Å². The molecule has 0 saturated heterocycles. The van der Waals surface area contributed by atoms with Gasteiger partial charge in [-0.25, -0.2) is 13.8 Å². The average Bonchev–Trinajstić information content (AvgIpc) is 3.10. The number of aryl methyl sites for hydroxylation is 1. The Morgan fingerprint density at radius 1 is 1.10 bits per heavy atom. The van der Waals surface area contributed by atoms with Crippen LogP contribution in [0, 0.1) is 18.6 Å². The standard InChI is InChI=1S/C21H19F2N3O2S/c1-13-2-4-14(5-3-13)10-16-12-25-21(29-16)26-19(27)8-9-24-20(28)17-7-6-15(22)11-18(17)23/h2-7,11-12H,8-10H2,1H3,(H,24,28)(H,25,26,27). The number of anilines is 1. The molecule has 3 rings (SSSR count). The first-order chi connectivity index (χ1) is 13.9. The second kappa shape index (κ2) is 9.38. The van der Waals surface area contributed by atoms with Crippen molar-refractivity contribution in [2.24, 2.45) is 0 Å². The Morgan fingerprint density at radius 3 is 2.59 bits per heavy atom. The van der Waals surface area contributed by atoms with Gasteiger partial charge in [-0.05, 0) is 24.6 Å². The van der Waals surface area contributed by atoms with E-state index in [2.05, 4.69) is 27.8 Å². The topological polar surface area (TPSA) is 71.1 Å². The number of hydrogen-bond donors (Lipinski definition) is 2. The summed E-state index contributed by atoms with van der Waals surface area (Å²) in [5.41, 5.74) is 2.08. The highest BCUT2D eigenvalue weighted by Crippen LogP contribution is 2.21. The van der Waals surface area contributed by atoms with Crippen molar-refractivity contribution in [3.05, 3.63) is 81.9 Å². The number of hydrogen-bond acceptors (Lipinski definition) is 4. The maximum atomic E-state index is 13.6. The summed E-state index contributed by atoms with van der Waals surface area (Å²) in [5, 5.41) is 5.60. The van der Waals surface area contributed by atoms with E-state index in [1.807, 2.05) is 19.1 Å². The molecule has 2 aromatic carbocycles. The molecule has 3 aromatic rings. The van der Waals surface area contributed by atoms with Crippen LogP contribution in [0.15, 0.2) is 48.7 Å². The molecule has 0 aliphatic rings. The Bertz CT molecular complexity index is 1020. The third-order valence-electron chi connectivity index (χ3n) is 4.11. The molecule has 0 atom stereocenters. The van der Waals surface area contributed by atoms with Gasteiger partial charge in [0.05, 0.1) is 5.56 Å². The van der Waals surface area contributed by atoms with E-state index in [0.29, 0.717) is 11.2 Å². The molecule has 2 amide bonds. The van der Waals surface area contributed by atoms with Gasteiger partial charge in [-0.2, -0.15) is 0 Å². The summed E-state index contributed by atoms with van der Waals surface area (Å²) in [6.07, 6.45) is 2.45. The Hall–Kier alpha value is -3.13. The molecule has 0 bridgehead atoms. The smallest absolute Gasteiger partial charge is 0.254 e. The molecule has 2 N–H and O–H groups in total. The fourth-order valence-electron chi connectivity index (χ4n) is 2.59. The molecule has 0 aliphatic carbocycles. The van der Waals surface area contributed by atoms with Gasteiger partial charge < -0.3 is 10.6 Å². The number of amides is 2. The third kappa shape index (κ3) is 5.92. The van der Waals surface area contributed by atoms with Crippen molar-refractivity contribution >= 4 is 28.3 Å². The highest BCUT2D eigenvalue weighted by Gasteiger charge is 2.13. The lowest BCUT2D eigenvalue weighted by atomic mass is 10.1. The van der Waals surface area contributed by atoms with E-state index in [4.69, 9.17) is 0 Å². The minimum atomic E-state index is -0.948. The second-order valence-corrected chi connectivity index (χ2v) is 7.59. The van der Waals surface area contributed by atoms with Crippen LogP contribution in [0.25, 0.3) is 0 Å². The summed E-state index contributed by atoms with van der Waals surface area (Å²) in [4.78, 5) is 29.1. The zero-order valence-corrected chi connectivity index (χ0v) is 16.5. The van der Waals surface area contributed by atoms with Crippen LogP contribution >= 0.6 is 11.3 Å². The lowest BCUT2D eigenvalue weighted by Crippen LogP contribution is -2.28. The molecule has 0 fully saturated rings. The first-order valence-electron chi connectivity index (χ1n) is 8.94. The number of halogens is 2. The van der Waals surface area contributed by atoms with E-state index >= 15 is 0 Å². The summed E-state index contributed by atoms with van der Waals surface area (Å²) >= 11 is 1.38. The molecule has 1 aromatic heterocycles. The van der Waals surface area contributed by atoms with Crippen molar-refractivity contribution < 1.29 is 18.4 Å². The SMILES string of the molecule is Cc1ccc(Cc2cnc(NC(=O)CCNC(=O)c3ccc(F)cc3F)s2)cc1. The Kier molecular flexibility index (Phi) is 6.66.